The van der Waals surface area contributed by atoms with Gasteiger partial charge in [-0.05, 0) is 12.8 Å². The predicted molar refractivity (Wildman–Crippen MR) is 87.7 cm³/mol. The largest absolute Gasteiger partial charge is 0.394 e. The van der Waals surface area contributed by atoms with Gasteiger partial charge >= 0.3 is 0 Å². The molecule has 0 aliphatic rings. The molecule has 0 amide bonds. The number of aliphatic hydroxyl groups excluding tert-OH is 5. The Morgan fingerprint density at radius 3 is 1.38 bits per heavy atom. The normalized spacial score (nSPS) is 18.1. The molecule has 0 aromatic rings. The molecule has 8 nitrogen and oxygen atoms in total. The second kappa shape index (κ2) is 13.9. The summed E-state index contributed by atoms with van der Waals surface area (Å²) in [6.45, 7) is 3.99. The molecule has 3 unspecified atom stereocenters. The lowest BCUT2D eigenvalue weighted by molar-refractivity contribution is -0.105. The van der Waals surface area contributed by atoms with Gasteiger partial charge in [-0.3, -0.25) is 0 Å². The Bertz CT molecular complexity index is 248. The highest BCUT2D eigenvalue weighted by Gasteiger charge is 2.30. The van der Waals surface area contributed by atoms with Crippen molar-refractivity contribution in [1.82, 2.24) is 0 Å². The molecule has 0 aliphatic heterocycles. The van der Waals surface area contributed by atoms with Gasteiger partial charge in [0.25, 0.3) is 0 Å². The summed E-state index contributed by atoms with van der Waals surface area (Å²) < 4.78 is 16.5. The Morgan fingerprint density at radius 2 is 1.08 bits per heavy atom. The average Bonchev–Trinajstić information content (AvgIpc) is 2.60. The van der Waals surface area contributed by atoms with Gasteiger partial charge in [0.2, 0.25) is 0 Å². The molecule has 146 valence electrons. The first-order chi connectivity index (χ1) is 11.4. The predicted octanol–water partition coefficient (Wildman–Crippen LogP) is -1.09. The van der Waals surface area contributed by atoms with E-state index in [0.717, 1.165) is 0 Å². The summed E-state index contributed by atoms with van der Waals surface area (Å²) in [5.41, 5.74) is -0.516. The molecule has 0 aliphatic carbocycles. The standard InChI is InChI=1S/C16H34O8/c1-3-13(19)7-22-10-16(4-2,11-23-8-14(20)5-17)12-24-9-15(21)6-18/h13-15,17-21H,3-12H2,1-2H3. The van der Waals surface area contributed by atoms with Gasteiger partial charge in [-0.15, -0.1) is 0 Å². The molecule has 0 aromatic heterocycles. The van der Waals surface area contributed by atoms with E-state index < -0.39 is 23.7 Å². The van der Waals surface area contributed by atoms with Crippen molar-refractivity contribution in [2.75, 3.05) is 52.9 Å². The second-order valence-corrected chi connectivity index (χ2v) is 6.13. The Labute approximate surface area is 144 Å². The van der Waals surface area contributed by atoms with Gasteiger partial charge in [-0.2, -0.15) is 0 Å². The fourth-order valence-corrected chi connectivity index (χ4v) is 1.89. The van der Waals surface area contributed by atoms with Gasteiger partial charge in [-0.1, -0.05) is 13.8 Å². The van der Waals surface area contributed by atoms with E-state index in [1.807, 2.05) is 13.8 Å². The minimum Gasteiger partial charge on any atom is -0.394 e. The highest BCUT2D eigenvalue weighted by Crippen LogP contribution is 2.24. The molecule has 0 saturated carbocycles. The van der Waals surface area contributed by atoms with Crippen LogP contribution in [-0.4, -0.2) is 96.7 Å². The molecular weight excluding hydrogens is 320 g/mol. The van der Waals surface area contributed by atoms with E-state index in [4.69, 9.17) is 24.4 Å². The van der Waals surface area contributed by atoms with E-state index in [-0.39, 0.29) is 52.9 Å². The molecule has 0 spiro atoms. The third kappa shape index (κ3) is 10.5. The van der Waals surface area contributed by atoms with Crippen LogP contribution in [0.15, 0.2) is 0 Å². The van der Waals surface area contributed by atoms with E-state index in [0.29, 0.717) is 12.8 Å². The topological polar surface area (TPSA) is 129 Å². The van der Waals surface area contributed by atoms with E-state index in [9.17, 15) is 15.3 Å². The molecule has 0 fully saturated rings. The number of hydrogen-bond donors (Lipinski definition) is 5. The summed E-state index contributed by atoms with van der Waals surface area (Å²) >= 11 is 0. The third-order valence-electron chi connectivity index (χ3n) is 3.80. The summed E-state index contributed by atoms with van der Waals surface area (Å²) in [4.78, 5) is 0. The first-order valence-corrected chi connectivity index (χ1v) is 8.42. The molecule has 0 radical (unpaired) electrons. The van der Waals surface area contributed by atoms with Crippen LogP contribution < -0.4 is 0 Å². The van der Waals surface area contributed by atoms with Crippen molar-refractivity contribution < 1.29 is 39.7 Å². The monoisotopic (exact) mass is 354 g/mol. The van der Waals surface area contributed by atoms with Crippen molar-refractivity contribution >= 4 is 0 Å². The molecule has 0 aromatic carbocycles. The van der Waals surface area contributed by atoms with Crippen molar-refractivity contribution in [3.05, 3.63) is 0 Å². The van der Waals surface area contributed by atoms with Crippen LogP contribution in [0.4, 0.5) is 0 Å². The summed E-state index contributed by atoms with van der Waals surface area (Å²) in [5, 5.41) is 45.9. The molecule has 0 saturated heterocycles. The smallest absolute Gasteiger partial charge is 0.100 e. The summed E-state index contributed by atoms with van der Waals surface area (Å²) in [5.74, 6) is 0. The van der Waals surface area contributed by atoms with Crippen LogP contribution in [0.1, 0.15) is 26.7 Å². The van der Waals surface area contributed by atoms with Gasteiger partial charge in [0.05, 0.1) is 59.0 Å². The van der Waals surface area contributed by atoms with Gasteiger partial charge in [-0.25, -0.2) is 0 Å². The summed E-state index contributed by atoms with van der Waals surface area (Å²) in [6.07, 6.45) is -1.18. The number of ether oxygens (including phenoxy) is 3. The average molecular weight is 354 g/mol. The lowest BCUT2D eigenvalue weighted by Gasteiger charge is -2.33. The third-order valence-corrected chi connectivity index (χ3v) is 3.80. The van der Waals surface area contributed by atoms with Crippen LogP contribution in [0.25, 0.3) is 0 Å². The van der Waals surface area contributed by atoms with Gasteiger partial charge < -0.3 is 39.7 Å². The van der Waals surface area contributed by atoms with Crippen LogP contribution in [0, 0.1) is 5.41 Å². The molecular formula is C16H34O8. The van der Waals surface area contributed by atoms with Crippen molar-refractivity contribution in [3.8, 4) is 0 Å². The van der Waals surface area contributed by atoms with E-state index >= 15 is 0 Å². The molecule has 3 atom stereocenters. The number of aliphatic hydroxyl groups is 5. The zero-order valence-corrected chi connectivity index (χ0v) is 14.8. The van der Waals surface area contributed by atoms with Crippen molar-refractivity contribution in [2.45, 2.75) is 45.0 Å². The van der Waals surface area contributed by atoms with Crippen molar-refractivity contribution in [2.24, 2.45) is 5.41 Å². The van der Waals surface area contributed by atoms with Crippen LogP contribution in [0.2, 0.25) is 0 Å². The molecule has 24 heavy (non-hydrogen) atoms. The van der Waals surface area contributed by atoms with Crippen molar-refractivity contribution in [3.63, 3.8) is 0 Å². The van der Waals surface area contributed by atoms with Crippen LogP contribution in [0.5, 0.6) is 0 Å². The molecule has 8 heteroatoms. The Morgan fingerprint density at radius 1 is 0.708 bits per heavy atom. The van der Waals surface area contributed by atoms with Crippen molar-refractivity contribution in [1.29, 1.82) is 0 Å². The zero-order chi connectivity index (χ0) is 18.4. The molecule has 0 bridgehead atoms. The highest BCUT2D eigenvalue weighted by atomic mass is 16.5. The minimum atomic E-state index is -0.945. The van der Waals surface area contributed by atoms with Crippen LogP contribution >= 0.6 is 0 Å². The van der Waals surface area contributed by atoms with Crippen LogP contribution in [0.3, 0.4) is 0 Å². The maximum Gasteiger partial charge on any atom is 0.100 e. The minimum absolute atomic E-state index is 0.00486. The maximum atomic E-state index is 9.58. The Hall–Kier alpha value is -0.320. The quantitative estimate of drug-likeness (QED) is 0.236. The summed E-state index contributed by atoms with van der Waals surface area (Å²) in [6, 6.07) is 0. The van der Waals surface area contributed by atoms with Gasteiger partial charge in [0.1, 0.15) is 12.2 Å². The fourth-order valence-electron chi connectivity index (χ4n) is 1.89. The van der Waals surface area contributed by atoms with Gasteiger partial charge in [0.15, 0.2) is 0 Å². The second-order valence-electron chi connectivity index (χ2n) is 6.13. The highest BCUT2D eigenvalue weighted by molar-refractivity contribution is 4.78. The first-order valence-electron chi connectivity index (χ1n) is 8.42. The zero-order valence-electron chi connectivity index (χ0n) is 14.8. The maximum absolute atomic E-state index is 9.58. The Kier molecular flexibility index (Phi) is 13.7. The molecule has 0 rings (SSSR count). The number of hydrogen-bond acceptors (Lipinski definition) is 8. The summed E-state index contributed by atoms with van der Waals surface area (Å²) in [7, 11) is 0. The van der Waals surface area contributed by atoms with E-state index in [2.05, 4.69) is 0 Å². The number of rotatable bonds is 16. The lowest BCUT2D eigenvalue weighted by Crippen LogP contribution is -2.39. The van der Waals surface area contributed by atoms with Gasteiger partial charge in [0, 0.05) is 5.41 Å². The van der Waals surface area contributed by atoms with Crippen LogP contribution in [-0.2, 0) is 14.2 Å². The molecule has 5 N–H and O–H groups in total. The first kappa shape index (κ1) is 23.7. The van der Waals surface area contributed by atoms with E-state index in [1.54, 1.807) is 0 Å². The lowest BCUT2D eigenvalue weighted by atomic mass is 9.88. The molecule has 0 heterocycles. The SMILES string of the molecule is CCC(O)COCC(CC)(COCC(O)CO)COCC(O)CO. The fraction of sp³-hybridized carbons (Fsp3) is 1.00. The van der Waals surface area contributed by atoms with E-state index in [1.165, 1.54) is 0 Å². The Balaban J connectivity index is 4.54.